The van der Waals surface area contributed by atoms with Gasteiger partial charge in [-0.2, -0.15) is 0 Å². The molecule has 1 aromatic carbocycles. The van der Waals surface area contributed by atoms with Gasteiger partial charge in [0.05, 0.1) is 0 Å². The lowest BCUT2D eigenvalue weighted by molar-refractivity contribution is 0.543. The van der Waals surface area contributed by atoms with E-state index in [1.54, 1.807) is 0 Å². The second-order valence-electron chi connectivity index (χ2n) is 3.69. The molecule has 1 rings (SSSR count). The minimum atomic E-state index is 0.523. The fraction of sp³-hybridized carbons (Fsp3) is 0.500. The number of benzene rings is 1. The zero-order valence-electron chi connectivity index (χ0n) is 9.10. The summed E-state index contributed by atoms with van der Waals surface area (Å²) in [7, 11) is 2.00. The van der Waals surface area contributed by atoms with Gasteiger partial charge >= 0.3 is 0 Å². The van der Waals surface area contributed by atoms with Crippen LogP contribution in [0.1, 0.15) is 24.5 Å². The van der Waals surface area contributed by atoms with Crippen molar-refractivity contribution in [3.05, 3.63) is 34.3 Å². The largest absolute Gasteiger partial charge is 0.317 e. The molecule has 0 spiro atoms. The molecule has 0 saturated carbocycles. The van der Waals surface area contributed by atoms with Gasteiger partial charge in [0.1, 0.15) is 0 Å². The molecule has 0 saturated heterocycles. The first kappa shape index (κ1) is 11.5. The molecule has 1 N–H and O–H groups in total. The van der Waals surface area contributed by atoms with Gasteiger partial charge in [0.2, 0.25) is 0 Å². The van der Waals surface area contributed by atoms with Crippen molar-refractivity contribution < 1.29 is 0 Å². The van der Waals surface area contributed by atoms with Crippen molar-refractivity contribution in [2.24, 2.45) is 0 Å². The van der Waals surface area contributed by atoms with Crippen molar-refractivity contribution in [2.75, 3.05) is 7.05 Å². The van der Waals surface area contributed by atoms with E-state index in [1.165, 1.54) is 11.1 Å². The van der Waals surface area contributed by atoms with Crippen molar-refractivity contribution in [1.82, 2.24) is 5.32 Å². The Hall–Kier alpha value is -0.530. The Morgan fingerprint density at radius 1 is 1.43 bits per heavy atom. The molecule has 1 nitrogen and oxygen atoms in total. The molecule has 14 heavy (non-hydrogen) atoms. The number of hydrogen-bond acceptors (Lipinski definition) is 1. The zero-order chi connectivity index (χ0) is 10.6. The Labute approximate surface area is 91.5 Å². The fourth-order valence-electron chi connectivity index (χ4n) is 1.53. The van der Waals surface area contributed by atoms with E-state index >= 15 is 0 Å². The molecule has 0 aromatic heterocycles. The van der Waals surface area contributed by atoms with Crippen molar-refractivity contribution in [1.29, 1.82) is 0 Å². The van der Waals surface area contributed by atoms with Gasteiger partial charge in [0, 0.05) is 11.1 Å². The summed E-state index contributed by atoms with van der Waals surface area (Å²) in [6, 6.07) is 6.79. The minimum absolute atomic E-state index is 0.523. The third-order valence-corrected chi connectivity index (χ3v) is 2.93. The normalized spacial score (nSPS) is 12.9. The molecule has 1 atom stereocenters. The molecule has 1 aromatic rings. The molecule has 0 aliphatic heterocycles. The Balaban J connectivity index is 2.76. The first-order valence-electron chi connectivity index (χ1n) is 5.09. The van der Waals surface area contributed by atoms with E-state index in [-0.39, 0.29) is 0 Å². The molecule has 78 valence electrons. The van der Waals surface area contributed by atoms with Crippen LogP contribution in [0, 0.1) is 6.92 Å². The molecule has 0 aliphatic rings. The Morgan fingerprint density at radius 2 is 2.14 bits per heavy atom. The van der Waals surface area contributed by atoms with Gasteiger partial charge in [0.25, 0.3) is 0 Å². The van der Waals surface area contributed by atoms with E-state index in [0.29, 0.717) is 6.04 Å². The third-order valence-electron chi connectivity index (χ3n) is 2.58. The lowest BCUT2D eigenvalue weighted by Gasteiger charge is -2.14. The number of likely N-dealkylation sites (N-methyl/N-ethyl adjacent to an activating group) is 1. The molecule has 2 heteroatoms. The maximum atomic E-state index is 6.16. The van der Waals surface area contributed by atoms with E-state index < -0.39 is 0 Å². The van der Waals surface area contributed by atoms with Gasteiger partial charge in [-0.3, -0.25) is 0 Å². The number of halogens is 1. The van der Waals surface area contributed by atoms with Crippen molar-refractivity contribution >= 4 is 11.6 Å². The molecule has 1 unspecified atom stereocenters. The predicted octanol–water partition coefficient (Wildman–Crippen LogP) is 3.19. The van der Waals surface area contributed by atoms with Crippen LogP contribution in [0.15, 0.2) is 18.2 Å². The van der Waals surface area contributed by atoms with E-state index in [4.69, 9.17) is 11.6 Å². The smallest absolute Gasteiger partial charge is 0.0441 e. The second kappa shape index (κ2) is 5.38. The molecular formula is C12H18ClN. The van der Waals surface area contributed by atoms with Crippen LogP contribution in [-0.2, 0) is 6.42 Å². The molecule has 0 aliphatic carbocycles. The summed E-state index contributed by atoms with van der Waals surface area (Å²) in [5, 5.41) is 4.17. The zero-order valence-corrected chi connectivity index (χ0v) is 9.86. The SMILES string of the molecule is CCC(Cc1ccc(C)cc1Cl)NC. The van der Waals surface area contributed by atoms with E-state index in [9.17, 15) is 0 Å². The lowest BCUT2D eigenvalue weighted by Crippen LogP contribution is -2.26. The highest BCUT2D eigenvalue weighted by Gasteiger charge is 2.07. The summed E-state index contributed by atoms with van der Waals surface area (Å²) in [4.78, 5) is 0. The van der Waals surface area contributed by atoms with Gasteiger partial charge in [-0.1, -0.05) is 30.7 Å². The number of nitrogens with one attached hydrogen (secondary N) is 1. The summed E-state index contributed by atoms with van der Waals surface area (Å²) < 4.78 is 0. The molecule has 0 heterocycles. The summed E-state index contributed by atoms with van der Waals surface area (Å²) in [6.45, 7) is 4.24. The number of aryl methyl sites for hydroxylation is 1. The summed E-state index contributed by atoms with van der Waals surface area (Å²) in [5.74, 6) is 0. The van der Waals surface area contributed by atoms with E-state index in [1.807, 2.05) is 13.1 Å². The average Bonchev–Trinajstić information content (AvgIpc) is 2.17. The highest BCUT2D eigenvalue weighted by molar-refractivity contribution is 6.31. The predicted molar refractivity (Wildman–Crippen MR) is 63.0 cm³/mol. The van der Waals surface area contributed by atoms with E-state index in [2.05, 4.69) is 31.3 Å². The third kappa shape index (κ3) is 3.00. The minimum Gasteiger partial charge on any atom is -0.317 e. The van der Waals surface area contributed by atoms with Crippen LogP contribution in [0.4, 0.5) is 0 Å². The first-order chi connectivity index (χ1) is 6.67. The summed E-state index contributed by atoms with van der Waals surface area (Å²) >= 11 is 6.16. The number of rotatable bonds is 4. The fourth-order valence-corrected chi connectivity index (χ4v) is 1.85. The van der Waals surface area contributed by atoms with Gasteiger partial charge in [-0.25, -0.2) is 0 Å². The Bertz CT molecular complexity index is 292. The molecule has 0 amide bonds. The van der Waals surface area contributed by atoms with Crippen LogP contribution in [0.25, 0.3) is 0 Å². The van der Waals surface area contributed by atoms with Crippen molar-refractivity contribution in [3.63, 3.8) is 0 Å². The summed E-state index contributed by atoms with van der Waals surface area (Å²) in [5.41, 5.74) is 2.45. The maximum Gasteiger partial charge on any atom is 0.0441 e. The standard InChI is InChI=1S/C12H18ClN/c1-4-11(14-3)8-10-6-5-9(2)7-12(10)13/h5-7,11,14H,4,8H2,1-3H3. The van der Waals surface area contributed by atoms with Crippen LogP contribution < -0.4 is 5.32 Å². The van der Waals surface area contributed by atoms with Crippen LogP contribution in [0.5, 0.6) is 0 Å². The molecule has 0 bridgehead atoms. The maximum absolute atomic E-state index is 6.16. The molecular weight excluding hydrogens is 194 g/mol. The Morgan fingerprint density at radius 3 is 2.64 bits per heavy atom. The second-order valence-corrected chi connectivity index (χ2v) is 4.10. The first-order valence-corrected chi connectivity index (χ1v) is 5.47. The van der Waals surface area contributed by atoms with E-state index in [0.717, 1.165) is 17.9 Å². The lowest BCUT2D eigenvalue weighted by atomic mass is 10.0. The van der Waals surface area contributed by atoms with Crippen LogP contribution >= 0.6 is 11.6 Å². The van der Waals surface area contributed by atoms with Gasteiger partial charge < -0.3 is 5.32 Å². The van der Waals surface area contributed by atoms with Crippen molar-refractivity contribution in [2.45, 2.75) is 32.7 Å². The Kier molecular flexibility index (Phi) is 4.43. The number of hydrogen-bond donors (Lipinski definition) is 1. The van der Waals surface area contributed by atoms with Crippen molar-refractivity contribution in [3.8, 4) is 0 Å². The molecule has 0 fully saturated rings. The average molecular weight is 212 g/mol. The monoisotopic (exact) mass is 211 g/mol. The van der Waals surface area contributed by atoms with Gasteiger partial charge in [-0.05, 0) is 44.0 Å². The highest BCUT2D eigenvalue weighted by Crippen LogP contribution is 2.19. The van der Waals surface area contributed by atoms with Crippen LogP contribution in [0.2, 0.25) is 5.02 Å². The topological polar surface area (TPSA) is 12.0 Å². The highest BCUT2D eigenvalue weighted by atomic mass is 35.5. The molecule has 0 radical (unpaired) electrons. The van der Waals surface area contributed by atoms with Crippen LogP contribution in [0.3, 0.4) is 0 Å². The van der Waals surface area contributed by atoms with Gasteiger partial charge in [0.15, 0.2) is 0 Å². The quantitative estimate of drug-likeness (QED) is 0.807. The van der Waals surface area contributed by atoms with Crippen LogP contribution in [-0.4, -0.2) is 13.1 Å². The van der Waals surface area contributed by atoms with Gasteiger partial charge in [-0.15, -0.1) is 0 Å². The summed E-state index contributed by atoms with van der Waals surface area (Å²) in [6.07, 6.45) is 2.13.